The molecule has 0 atom stereocenters. The molecule has 0 aromatic heterocycles. The largest absolute Gasteiger partial charge is 0.497 e. The standard InChI is InChI=1S/C18H21F2N3O2.HI/c1-3-12-5-4-6-14(9-12)23-18(21)22-11-13-7-8-15(24-2)10-16(13)25-17(19)20;/h4-10,17H,3,11H2,1-2H3,(H3,21,22,23);1H. The third kappa shape index (κ3) is 6.66. The van der Waals surface area contributed by atoms with E-state index in [1.54, 1.807) is 12.1 Å². The molecule has 142 valence electrons. The summed E-state index contributed by atoms with van der Waals surface area (Å²) in [5.74, 6) is 0.622. The number of guanidine groups is 1. The number of nitrogens with two attached hydrogens (primary N) is 1. The molecule has 0 fully saturated rings. The lowest BCUT2D eigenvalue weighted by molar-refractivity contribution is -0.0505. The second kappa shape index (κ2) is 10.8. The van der Waals surface area contributed by atoms with E-state index in [2.05, 4.69) is 22.0 Å². The normalized spacial score (nSPS) is 11.0. The van der Waals surface area contributed by atoms with E-state index >= 15 is 0 Å². The van der Waals surface area contributed by atoms with E-state index < -0.39 is 6.61 Å². The molecule has 5 nitrogen and oxygen atoms in total. The van der Waals surface area contributed by atoms with Gasteiger partial charge in [0.1, 0.15) is 11.5 Å². The highest BCUT2D eigenvalue weighted by molar-refractivity contribution is 14.0. The van der Waals surface area contributed by atoms with Gasteiger partial charge >= 0.3 is 6.61 Å². The van der Waals surface area contributed by atoms with E-state index in [0.29, 0.717) is 11.3 Å². The lowest BCUT2D eigenvalue weighted by Crippen LogP contribution is -2.22. The van der Waals surface area contributed by atoms with Gasteiger partial charge in [0, 0.05) is 17.3 Å². The Morgan fingerprint density at radius 3 is 2.65 bits per heavy atom. The number of halogens is 3. The predicted molar refractivity (Wildman–Crippen MR) is 110 cm³/mol. The molecule has 0 bridgehead atoms. The van der Waals surface area contributed by atoms with Crippen LogP contribution in [0.4, 0.5) is 14.5 Å². The van der Waals surface area contributed by atoms with Gasteiger partial charge in [-0.2, -0.15) is 8.78 Å². The Morgan fingerprint density at radius 1 is 1.23 bits per heavy atom. The Hall–Kier alpha value is -2.10. The highest BCUT2D eigenvalue weighted by atomic mass is 127. The lowest BCUT2D eigenvalue weighted by atomic mass is 10.1. The van der Waals surface area contributed by atoms with E-state index in [0.717, 1.165) is 12.1 Å². The predicted octanol–water partition coefficient (Wildman–Crippen LogP) is 4.40. The Morgan fingerprint density at radius 2 is 2.00 bits per heavy atom. The van der Waals surface area contributed by atoms with Crippen LogP contribution in [-0.2, 0) is 13.0 Å². The number of ether oxygens (including phenoxy) is 2. The summed E-state index contributed by atoms with van der Waals surface area (Å²) < 4.78 is 34.7. The first-order valence-electron chi connectivity index (χ1n) is 7.79. The van der Waals surface area contributed by atoms with Crippen molar-refractivity contribution in [2.24, 2.45) is 10.7 Å². The van der Waals surface area contributed by atoms with Gasteiger partial charge in [-0.1, -0.05) is 19.1 Å². The van der Waals surface area contributed by atoms with Crippen LogP contribution in [0.5, 0.6) is 11.5 Å². The number of rotatable bonds is 7. The number of alkyl halides is 2. The highest BCUT2D eigenvalue weighted by Gasteiger charge is 2.11. The van der Waals surface area contributed by atoms with Crippen LogP contribution in [0.2, 0.25) is 0 Å². The summed E-state index contributed by atoms with van der Waals surface area (Å²) in [5.41, 5.74) is 8.34. The van der Waals surface area contributed by atoms with Crippen LogP contribution in [-0.4, -0.2) is 19.7 Å². The molecule has 0 unspecified atom stereocenters. The fourth-order valence-corrected chi connectivity index (χ4v) is 2.22. The summed E-state index contributed by atoms with van der Waals surface area (Å²) in [6.07, 6.45) is 0.909. The van der Waals surface area contributed by atoms with Crippen molar-refractivity contribution in [3.05, 3.63) is 53.6 Å². The summed E-state index contributed by atoms with van der Waals surface area (Å²) in [6, 6.07) is 12.4. The van der Waals surface area contributed by atoms with Crippen LogP contribution >= 0.6 is 24.0 Å². The molecule has 2 rings (SSSR count). The fourth-order valence-electron chi connectivity index (χ4n) is 2.22. The molecule has 2 aromatic rings. The molecule has 2 aromatic carbocycles. The quantitative estimate of drug-likeness (QED) is 0.353. The number of nitrogens with one attached hydrogen (secondary N) is 1. The molecular formula is C18H22F2IN3O2. The van der Waals surface area contributed by atoms with Gasteiger partial charge in [0.05, 0.1) is 13.7 Å². The molecule has 26 heavy (non-hydrogen) atoms. The number of aryl methyl sites for hydroxylation is 1. The Bertz CT molecular complexity index is 742. The molecule has 3 N–H and O–H groups in total. The van der Waals surface area contributed by atoms with Gasteiger partial charge in [0.25, 0.3) is 0 Å². The van der Waals surface area contributed by atoms with Gasteiger partial charge in [-0.15, -0.1) is 24.0 Å². The molecule has 0 aliphatic heterocycles. The minimum atomic E-state index is -2.93. The zero-order valence-electron chi connectivity index (χ0n) is 14.5. The van der Waals surface area contributed by atoms with Crippen molar-refractivity contribution in [3.8, 4) is 11.5 Å². The van der Waals surface area contributed by atoms with Crippen LogP contribution in [0, 0.1) is 0 Å². The zero-order chi connectivity index (χ0) is 18.2. The second-order valence-corrected chi connectivity index (χ2v) is 5.23. The molecule has 8 heteroatoms. The van der Waals surface area contributed by atoms with Crippen molar-refractivity contribution in [3.63, 3.8) is 0 Å². The number of nitrogens with zero attached hydrogens (tertiary/aromatic N) is 1. The first-order chi connectivity index (χ1) is 12.0. The molecule has 0 aliphatic rings. The van der Waals surface area contributed by atoms with Gasteiger partial charge in [-0.25, -0.2) is 4.99 Å². The van der Waals surface area contributed by atoms with Gasteiger partial charge in [0.15, 0.2) is 5.96 Å². The minimum absolute atomic E-state index is 0. The molecule has 0 heterocycles. The van der Waals surface area contributed by atoms with Crippen molar-refractivity contribution in [1.82, 2.24) is 0 Å². The summed E-state index contributed by atoms with van der Waals surface area (Å²) >= 11 is 0. The number of anilines is 1. The monoisotopic (exact) mass is 477 g/mol. The Labute approximate surface area is 168 Å². The molecule has 0 radical (unpaired) electrons. The van der Waals surface area contributed by atoms with Crippen molar-refractivity contribution in [1.29, 1.82) is 0 Å². The third-order valence-corrected chi connectivity index (χ3v) is 3.52. The van der Waals surface area contributed by atoms with Gasteiger partial charge < -0.3 is 20.5 Å². The van der Waals surface area contributed by atoms with Crippen LogP contribution < -0.4 is 20.5 Å². The highest BCUT2D eigenvalue weighted by Crippen LogP contribution is 2.27. The first kappa shape index (κ1) is 21.9. The minimum Gasteiger partial charge on any atom is -0.497 e. The fraction of sp³-hybridized carbons (Fsp3) is 0.278. The van der Waals surface area contributed by atoms with Gasteiger partial charge in [-0.05, 0) is 36.2 Å². The van der Waals surface area contributed by atoms with Gasteiger partial charge in [0.2, 0.25) is 0 Å². The number of hydrogen-bond acceptors (Lipinski definition) is 3. The average molecular weight is 477 g/mol. The van der Waals surface area contributed by atoms with E-state index in [9.17, 15) is 8.78 Å². The molecule has 0 saturated heterocycles. The first-order valence-corrected chi connectivity index (χ1v) is 7.79. The Kier molecular flexibility index (Phi) is 9.11. The van der Waals surface area contributed by atoms with E-state index in [1.807, 2.05) is 24.3 Å². The number of aliphatic imine (C=N–C) groups is 1. The third-order valence-electron chi connectivity index (χ3n) is 3.52. The van der Waals surface area contributed by atoms with Crippen molar-refractivity contribution >= 4 is 35.6 Å². The van der Waals surface area contributed by atoms with Crippen molar-refractivity contribution < 1.29 is 18.3 Å². The second-order valence-electron chi connectivity index (χ2n) is 5.23. The van der Waals surface area contributed by atoms with Gasteiger partial charge in [-0.3, -0.25) is 0 Å². The summed E-state index contributed by atoms with van der Waals surface area (Å²) in [5, 5.41) is 2.98. The SMILES string of the molecule is CCc1cccc(NC(N)=NCc2ccc(OC)cc2OC(F)F)c1.I. The maximum atomic E-state index is 12.6. The lowest BCUT2D eigenvalue weighted by Gasteiger charge is -2.12. The number of hydrogen-bond donors (Lipinski definition) is 2. The average Bonchev–Trinajstić information content (AvgIpc) is 2.60. The van der Waals surface area contributed by atoms with Crippen LogP contribution in [0.3, 0.4) is 0 Å². The molecular weight excluding hydrogens is 455 g/mol. The van der Waals surface area contributed by atoms with E-state index in [-0.39, 0.29) is 42.2 Å². The van der Waals surface area contributed by atoms with Crippen LogP contribution in [0.1, 0.15) is 18.1 Å². The topological polar surface area (TPSA) is 68.9 Å². The molecule has 0 amide bonds. The molecule has 0 aliphatic carbocycles. The van der Waals surface area contributed by atoms with E-state index in [4.69, 9.17) is 10.5 Å². The number of benzene rings is 2. The van der Waals surface area contributed by atoms with E-state index in [1.165, 1.54) is 18.7 Å². The smallest absolute Gasteiger partial charge is 0.387 e. The number of methoxy groups -OCH3 is 1. The molecule has 0 spiro atoms. The van der Waals surface area contributed by atoms with Crippen LogP contribution in [0.25, 0.3) is 0 Å². The maximum absolute atomic E-state index is 12.6. The summed E-state index contributed by atoms with van der Waals surface area (Å²) in [6.45, 7) is -0.773. The summed E-state index contributed by atoms with van der Waals surface area (Å²) in [4.78, 5) is 4.19. The maximum Gasteiger partial charge on any atom is 0.387 e. The van der Waals surface area contributed by atoms with Crippen molar-refractivity contribution in [2.75, 3.05) is 12.4 Å². The molecule has 0 saturated carbocycles. The summed E-state index contributed by atoms with van der Waals surface area (Å²) in [7, 11) is 1.45. The Balaban J connectivity index is 0.00000338. The van der Waals surface area contributed by atoms with Crippen LogP contribution in [0.15, 0.2) is 47.5 Å². The zero-order valence-corrected chi connectivity index (χ0v) is 16.9. The van der Waals surface area contributed by atoms with Crippen molar-refractivity contribution in [2.45, 2.75) is 26.5 Å².